The van der Waals surface area contributed by atoms with Gasteiger partial charge < -0.3 is 5.32 Å². The average Bonchev–Trinajstić information content (AvgIpc) is 3.19. The van der Waals surface area contributed by atoms with Gasteiger partial charge in [-0.15, -0.1) is 11.3 Å². The van der Waals surface area contributed by atoms with Gasteiger partial charge in [0.25, 0.3) is 10.0 Å². The maximum atomic E-state index is 13.1. The molecule has 1 atom stereocenters. The molecule has 0 unspecified atom stereocenters. The summed E-state index contributed by atoms with van der Waals surface area (Å²) in [6, 6.07) is 6.60. The lowest BCUT2D eigenvalue weighted by Crippen LogP contribution is -2.53. The minimum atomic E-state index is -3.47. The summed E-state index contributed by atoms with van der Waals surface area (Å²) in [5.74, 6) is -0.757. The molecule has 6 nitrogen and oxygen atoms in total. The summed E-state index contributed by atoms with van der Waals surface area (Å²) in [6.07, 6.45) is 0. The van der Waals surface area contributed by atoms with E-state index >= 15 is 0 Å². The van der Waals surface area contributed by atoms with E-state index in [9.17, 15) is 17.6 Å². The summed E-state index contributed by atoms with van der Waals surface area (Å²) in [7, 11) is -3.47. The molecule has 1 aromatic heterocycles. The highest BCUT2D eigenvalue weighted by atomic mass is 35.5. The Kier molecular flexibility index (Phi) is 6.17. The van der Waals surface area contributed by atoms with Gasteiger partial charge in [-0.1, -0.05) is 17.7 Å². The van der Waals surface area contributed by atoms with Crippen molar-refractivity contribution in [1.82, 2.24) is 9.21 Å². The summed E-state index contributed by atoms with van der Waals surface area (Å²) in [6.45, 7) is 3.26. The van der Waals surface area contributed by atoms with Gasteiger partial charge in [0.05, 0.1) is 16.8 Å². The number of anilines is 1. The smallest absolute Gasteiger partial charge is 0.252 e. The van der Waals surface area contributed by atoms with Crippen molar-refractivity contribution in [2.75, 3.05) is 31.5 Å². The van der Waals surface area contributed by atoms with Crippen molar-refractivity contribution < 1.29 is 17.6 Å². The van der Waals surface area contributed by atoms with Crippen molar-refractivity contribution >= 4 is 44.6 Å². The first-order valence-electron chi connectivity index (χ1n) is 8.32. The highest BCUT2D eigenvalue weighted by Crippen LogP contribution is 2.24. The Labute approximate surface area is 166 Å². The molecule has 1 aliphatic heterocycles. The molecule has 1 aliphatic rings. The zero-order valence-electron chi connectivity index (χ0n) is 14.6. The van der Waals surface area contributed by atoms with Gasteiger partial charge in [0, 0.05) is 26.2 Å². The van der Waals surface area contributed by atoms with E-state index in [0.717, 1.165) is 6.07 Å². The van der Waals surface area contributed by atoms with Gasteiger partial charge >= 0.3 is 0 Å². The van der Waals surface area contributed by atoms with Crippen LogP contribution in [0.15, 0.2) is 39.9 Å². The number of thiophene rings is 1. The first-order chi connectivity index (χ1) is 12.8. The second-order valence-corrected chi connectivity index (χ2v) is 9.68. The topological polar surface area (TPSA) is 69.7 Å². The molecule has 1 saturated heterocycles. The third-order valence-electron chi connectivity index (χ3n) is 4.48. The molecule has 2 heterocycles. The lowest BCUT2D eigenvalue weighted by atomic mass is 10.2. The monoisotopic (exact) mass is 431 g/mol. The van der Waals surface area contributed by atoms with Gasteiger partial charge in [0.1, 0.15) is 10.0 Å². The summed E-state index contributed by atoms with van der Waals surface area (Å²) in [5, 5.41) is 4.55. The van der Waals surface area contributed by atoms with Gasteiger partial charge in [0.15, 0.2) is 0 Å². The van der Waals surface area contributed by atoms with Crippen LogP contribution in [0.5, 0.6) is 0 Å². The van der Waals surface area contributed by atoms with Crippen molar-refractivity contribution in [3.63, 3.8) is 0 Å². The summed E-state index contributed by atoms with van der Waals surface area (Å²) in [5.41, 5.74) is 0.342. The van der Waals surface area contributed by atoms with Crippen LogP contribution in [0.1, 0.15) is 6.92 Å². The third kappa shape index (κ3) is 4.49. The molecule has 0 aliphatic carbocycles. The number of benzene rings is 1. The SMILES string of the molecule is C[C@H](C(=O)Nc1ccc(F)cc1Cl)N1CCN(S(=O)(=O)c2cccs2)CC1. The number of sulfonamides is 1. The van der Waals surface area contributed by atoms with Gasteiger partial charge in [-0.25, -0.2) is 12.8 Å². The van der Waals surface area contributed by atoms with E-state index < -0.39 is 21.9 Å². The van der Waals surface area contributed by atoms with Crippen LogP contribution >= 0.6 is 22.9 Å². The number of halogens is 2. The molecule has 0 bridgehead atoms. The number of hydrogen-bond acceptors (Lipinski definition) is 5. The number of nitrogens with one attached hydrogen (secondary N) is 1. The number of carbonyl (C=O) groups excluding carboxylic acids is 1. The van der Waals surface area contributed by atoms with Crippen LogP contribution in [0.3, 0.4) is 0 Å². The van der Waals surface area contributed by atoms with Crippen LogP contribution in [-0.4, -0.2) is 55.8 Å². The van der Waals surface area contributed by atoms with E-state index in [0.29, 0.717) is 36.1 Å². The van der Waals surface area contributed by atoms with Gasteiger partial charge in [0.2, 0.25) is 5.91 Å². The van der Waals surface area contributed by atoms with Crippen LogP contribution < -0.4 is 5.32 Å². The van der Waals surface area contributed by atoms with Crippen molar-refractivity contribution in [2.24, 2.45) is 0 Å². The van der Waals surface area contributed by atoms with Gasteiger partial charge in [-0.3, -0.25) is 9.69 Å². The third-order valence-corrected chi connectivity index (χ3v) is 8.06. The largest absolute Gasteiger partial charge is 0.323 e. The molecular formula is C17H19ClFN3O3S2. The molecule has 1 N–H and O–H groups in total. The fourth-order valence-corrected chi connectivity index (χ4v) is 5.64. The number of rotatable bonds is 5. The van der Waals surface area contributed by atoms with Crippen molar-refractivity contribution in [3.8, 4) is 0 Å². The molecule has 2 aromatic rings. The zero-order chi connectivity index (χ0) is 19.6. The van der Waals surface area contributed by atoms with Crippen molar-refractivity contribution in [1.29, 1.82) is 0 Å². The Bertz CT molecular complexity index is 914. The molecule has 0 saturated carbocycles. The normalized spacial score (nSPS) is 17.6. The second-order valence-electron chi connectivity index (χ2n) is 6.16. The van der Waals surface area contributed by atoms with Gasteiger partial charge in [-0.05, 0) is 36.6 Å². The molecular weight excluding hydrogens is 413 g/mol. The summed E-state index contributed by atoms with van der Waals surface area (Å²) >= 11 is 7.13. The predicted molar refractivity (Wildman–Crippen MR) is 104 cm³/mol. The maximum absolute atomic E-state index is 13.1. The second kappa shape index (κ2) is 8.24. The Morgan fingerprint density at radius 2 is 1.96 bits per heavy atom. The van der Waals surface area contributed by atoms with E-state index in [2.05, 4.69) is 5.32 Å². The zero-order valence-corrected chi connectivity index (χ0v) is 17.0. The molecule has 1 amide bonds. The maximum Gasteiger partial charge on any atom is 0.252 e. The molecule has 1 fully saturated rings. The van der Waals surface area contributed by atoms with Crippen LogP contribution in [0, 0.1) is 5.82 Å². The van der Waals surface area contributed by atoms with Crippen LogP contribution in [-0.2, 0) is 14.8 Å². The highest BCUT2D eigenvalue weighted by Gasteiger charge is 2.32. The molecule has 27 heavy (non-hydrogen) atoms. The minimum Gasteiger partial charge on any atom is -0.323 e. The quantitative estimate of drug-likeness (QED) is 0.790. The molecule has 10 heteroatoms. The average molecular weight is 432 g/mol. The van der Waals surface area contributed by atoms with Crippen LogP contribution in [0.4, 0.5) is 10.1 Å². The highest BCUT2D eigenvalue weighted by molar-refractivity contribution is 7.91. The molecule has 1 aromatic carbocycles. The van der Waals surface area contributed by atoms with Crippen molar-refractivity contribution in [3.05, 3.63) is 46.6 Å². The Morgan fingerprint density at radius 3 is 2.56 bits per heavy atom. The number of hydrogen-bond donors (Lipinski definition) is 1. The summed E-state index contributed by atoms with van der Waals surface area (Å²) in [4.78, 5) is 14.4. The lowest BCUT2D eigenvalue weighted by Gasteiger charge is -2.36. The van der Waals surface area contributed by atoms with E-state index in [1.54, 1.807) is 24.4 Å². The van der Waals surface area contributed by atoms with Crippen LogP contribution in [0.25, 0.3) is 0 Å². The molecule has 0 spiro atoms. The van der Waals surface area contributed by atoms with E-state index in [1.807, 2.05) is 4.90 Å². The number of piperazine rings is 1. The molecule has 0 radical (unpaired) electrons. The number of nitrogens with zero attached hydrogens (tertiary/aromatic N) is 2. The number of carbonyl (C=O) groups is 1. The molecule has 146 valence electrons. The standard InChI is InChI=1S/C17H19ClFN3O3S2/c1-12(17(23)20-15-5-4-13(19)11-14(15)18)21-6-8-22(9-7-21)27(24,25)16-3-2-10-26-16/h2-5,10-12H,6-9H2,1H3,(H,20,23)/t12-/m1/s1. The first kappa shape index (κ1) is 20.2. The van der Waals surface area contributed by atoms with Crippen molar-refractivity contribution in [2.45, 2.75) is 17.2 Å². The van der Waals surface area contributed by atoms with E-state index in [-0.39, 0.29) is 10.9 Å². The summed E-state index contributed by atoms with van der Waals surface area (Å²) < 4.78 is 40.0. The van der Waals surface area contributed by atoms with E-state index in [4.69, 9.17) is 11.6 Å². The van der Waals surface area contributed by atoms with Gasteiger partial charge in [-0.2, -0.15) is 4.31 Å². The Balaban J connectivity index is 1.59. The lowest BCUT2D eigenvalue weighted by molar-refractivity contribution is -0.121. The van der Waals surface area contributed by atoms with Crippen LogP contribution in [0.2, 0.25) is 5.02 Å². The minimum absolute atomic E-state index is 0.127. The Hall–Kier alpha value is -1.52. The first-order valence-corrected chi connectivity index (χ1v) is 11.0. The predicted octanol–water partition coefficient (Wildman–Crippen LogP) is 2.87. The Morgan fingerprint density at radius 1 is 1.26 bits per heavy atom. The fourth-order valence-electron chi connectivity index (χ4n) is 2.86. The fraction of sp³-hybridized carbons (Fsp3) is 0.353. The number of amides is 1. The van der Waals surface area contributed by atoms with E-state index in [1.165, 1.54) is 27.8 Å². The molecule has 3 rings (SSSR count).